The first-order chi connectivity index (χ1) is 10.0. The van der Waals surface area contributed by atoms with Gasteiger partial charge in [-0.15, -0.1) is 0 Å². The van der Waals surface area contributed by atoms with E-state index in [1.807, 2.05) is 13.1 Å². The smallest absolute Gasteiger partial charge is 0.239 e. The molecule has 3 N–H and O–H groups in total. The van der Waals surface area contributed by atoms with Crippen molar-refractivity contribution in [3.63, 3.8) is 0 Å². The van der Waals surface area contributed by atoms with Gasteiger partial charge in [0.25, 0.3) is 0 Å². The van der Waals surface area contributed by atoms with Crippen LogP contribution in [0.2, 0.25) is 0 Å². The topological polar surface area (TPSA) is 90.9 Å². The van der Waals surface area contributed by atoms with Crippen LogP contribution < -0.4 is 15.8 Å². The Morgan fingerprint density at radius 3 is 2.86 bits per heavy atom. The van der Waals surface area contributed by atoms with Crippen LogP contribution in [0.5, 0.6) is 5.88 Å². The van der Waals surface area contributed by atoms with E-state index >= 15 is 0 Å². The van der Waals surface area contributed by atoms with Crippen LogP contribution in [-0.4, -0.2) is 32.9 Å². The summed E-state index contributed by atoms with van der Waals surface area (Å²) in [5, 5.41) is 7.44. The number of rotatable bonds is 7. The number of ether oxygens (including phenoxy) is 1. The second-order valence-corrected chi connectivity index (χ2v) is 5.31. The molecule has 2 aromatic heterocycles. The molecule has 0 saturated carbocycles. The standard InChI is InChI=1S/C14H22N6O/c1-10(2)8-21-14-11(15)4-5-12(18-14)16-7-6-13-17-9-20(3)19-13/h4-5,9-10H,6-8,15H2,1-3H3,(H,16,18). The van der Waals surface area contributed by atoms with Gasteiger partial charge in [-0.2, -0.15) is 10.1 Å². The maximum atomic E-state index is 5.86. The van der Waals surface area contributed by atoms with Crippen LogP contribution in [0.3, 0.4) is 0 Å². The average molecular weight is 290 g/mol. The summed E-state index contributed by atoms with van der Waals surface area (Å²) in [6.45, 7) is 5.46. The van der Waals surface area contributed by atoms with Crippen molar-refractivity contribution >= 4 is 11.5 Å². The molecule has 0 aliphatic carbocycles. The summed E-state index contributed by atoms with van der Waals surface area (Å²) in [5.74, 6) is 2.44. The highest BCUT2D eigenvalue weighted by atomic mass is 16.5. The molecule has 0 saturated heterocycles. The SMILES string of the molecule is CC(C)COc1nc(NCCc2ncn(C)n2)ccc1N. The number of anilines is 2. The first kappa shape index (κ1) is 15.1. The van der Waals surface area contributed by atoms with Gasteiger partial charge in [0.15, 0.2) is 5.82 Å². The van der Waals surface area contributed by atoms with Gasteiger partial charge in [0.1, 0.15) is 12.1 Å². The van der Waals surface area contributed by atoms with Gasteiger partial charge in [0, 0.05) is 20.0 Å². The van der Waals surface area contributed by atoms with Crippen LogP contribution in [0.4, 0.5) is 11.5 Å². The van der Waals surface area contributed by atoms with Gasteiger partial charge in [0.05, 0.1) is 12.3 Å². The minimum absolute atomic E-state index is 0.429. The van der Waals surface area contributed by atoms with Crippen molar-refractivity contribution in [2.75, 3.05) is 24.2 Å². The normalized spacial score (nSPS) is 10.9. The van der Waals surface area contributed by atoms with Crippen molar-refractivity contribution in [3.8, 4) is 5.88 Å². The molecule has 0 aliphatic rings. The highest BCUT2D eigenvalue weighted by Crippen LogP contribution is 2.21. The van der Waals surface area contributed by atoms with Crippen LogP contribution in [-0.2, 0) is 13.5 Å². The highest BCUT2D eigenvalue weighted by Gasteiger charge is 2.06. The molecule has 0 spiro atoms. The van der Waals surface area contributed by atoms with E-state index in [-0.39, 0.29) is 0 Å². The Morgan fingerprint density at radius 1 is 1.38 bits per heavy atom. The molecular weight excluding hydrogens is 268 g/mol. The predicted octanol–water partition coefficient (Wildman–Crippen LogP) is 1.48. The molecule has 21 heavy (non-hydrogen) atoms. The fourth-order valence-corrected chi connectivity index (χ4v) is 1.71. The molecule has 7 heteroatoms. The van der Waals surface area contributed by atoms with Crippen molar-refractivity contribution < 1.29 is 4.74 Å². The lowest BCUT2D eigenvalue weighted by atomic mass is 10.2. The molecule has 0 fully saturated rings. The number of pyridine rings is 1. The summed E-state index contributed by atoms with van der Waals surface area (Å²) in [5.41, 5.74) is 6.41. The Morgan fingerprint density at radius 2 is 2.19 bits per heavy atom. The molecule has 2 aromatic rings. The molecule has 0 aliphatic heterocycles. The summed E-state index contributed by atoms with van der Waals surface area (Å²) in [7, 11) is 1.85. The number of hydrogen-bond acceptors (Lipinski definition) is 6. The van der Waals surface area contributed by atoms with Crippen molar-refractivity contribution in [1.29, 1.82) is 0 Å². The summed E-state index contributed by atoms with van der Waals surface area (Å²) >= 11 is 0. The minimum atomic E-state index is 0.429. The Hall–Kier alpha value is -2.31. The Bertz CT molecular complexity index is 581. The predicted molar refractivity (Wildman–Crippen MR) is 82.2 cm³/mol. The lowest BCUT2D eigenvalue weighted by Gasteiger charge is -2.12. The third kappa shape index (κ3) is 4.62. The summed E-state index contributed by atoms with van der Waals surface area (Å²) in [4.78, 5) is 8.55. The van der Waals surface area contributed by atoms with Crippen molar-refractivity contribution in [3.05, 3.63) is 24.3 Å². The number of aromatic nitrogens is 4. The van der Waals surface area contributed by atoms with E-state index in [1.54, 1.807) is 17.1 Å². The zero-order valence-corrected chi connectivity index (χ0v) is 12.7. The summed E-state index contributed by atoms with van der Waals surface area (Å²) < 4.78 is 7.29. The number of aryl methyl sites for hydroxylation is 1. The first-order valence-electron chi connectivity index (χ1n) is 7.02. The molecule has 2 rings (SSSR count). The molecule has 0 atom stereocenters. The van der Waals surface area contributed by atoms with Gasteiger partial charge in [-0.25, -0.2) is 4.98 Å². The number of nitrogens with two attached hydrogens (primary N) is 1. The summed E-state index contributed by atoms with van der Waals surface area (Å²) in [6, 6.07) is 3.63. The van der Waals surface area contributed by atoms with E-state index in [4.69, 9.17) is 10.5 Å². The highest BCUT2D eigenvalue weighted by molar-refractivity contribution is 5.53. The zero-order chi connectivity index (χ0) is 15.2. The van der Waals surface area contributed by atoms with E-state index < -0.39 is 0 Å². The number of hydrogen-bond donors (Lipinski definition) is 2. The molecule has 0 bridgehead atoms. The molecule has 2 heterocycles. The average Bonchev–Trinajstić information content (AvgIpc) is 2.84. The van der Waals surface area contributed by atoms with E-state index in [0.29, 0.717) is 30.6 Å². The molecule has 0 unspecified atom stereocenters. The van der Waals surface area contributed by atoms with Crippen LogP contribution in [0, 0.1) is 5.92 Å². The largest absolute Gasteiger partial charge is 0.476 e. The number of nitrogen functional groups attached to an aromatic ring is 1. The molecule has 0 aromatic carbocycles. The van der Waals surface area contributed by atoms with E-state index in [0.717, 1.165) is 18.1 Å². The molecule has 114 valence electrons. The Labute approximate surface area is 124 Å². The Balaban J connectivity index is 1.89. The van der Waals surface area contributed by atoms with Crippen molar-refractivity contribution in [2.24, 2.45) is 13.0 Å². The van der Waals surface area contributed by atoms with Crippen molar-refractivity contribution in [2.45, 2.75) is 20.3 Å². The van der Waals surface area contributed by atoms with Crippen LogP contribution in [0.15, 0.2) is 18.5 Å². The first-order valence-corrected chi connectivity index (χ1v) is 7.02. The van der Waals surface area contributed by atoms with E-state index in [9.17, 15) is 0 Å². The van der Waals surface area contributed by atoms with E-state index in [1.165, 1.54) is 0 Å². The third-order valence-electron chi connectivity index (χ3n) is 2.74. The van der Waals surface area contributed by atoms with Gasteiger partial charge >= 0.3 is 0 Å². The number of nitrogens with zero attached hydrogens (tertiary/aromatic N) is 4. The molecular formula is C14H22N6O. The van der Waals surface area contributed by atoms with Crippen LogP contribution in [0.1, 0.15) is 19.7 Å². The van der Waals surface area contributed by atoms with Gasteiger partial charge in [0.2, 0.25) is 5.88 Å². The third-order valence-corrected chi connectivity index (χ3v) is 2.74. The molecule has 0 amide bonds. The van der Waals surface area contributed by atoms with Gasteiger partial charge in [-0.05, 0) is 18.1 Å². The zero-order valence-electron chi connectivity index (χ0n) is 12.7. The van der Waals surface area contributed by atoms with E-state index in [2.05, 4.69) is 34.2 Å². The van der Waals surface area contributed by atoms with Gasteiger partial charge in [-0.1, -0.05) is 13.8 Å². The second kappa shape index (κ2) is 6.92. The maximum Gasteiger partial charge on any atom is 0.239 e. The fraction of sp³-hybridized carbons (Fsp3) is 0.500. The van der Waals surface area contributed by atoms with Gasteiger partial charge in [-0.3, -0.25) is 4.68 Å². The molecule has 0 radical (unpaired) electrons. The van der Waals surface area contributed by atoms with Crippen LogP contribution in [0.25, 0.3) is 0 Å². The van der Waals surface area contributed by atoms with Gasteiger partial charge < -0.3 is 15.8 Å². The molecule has 7 nitrogen and oxygen atoms in total. The quantitative estimate of drug-likeness (QED) is 0.802. The number of nitrogens with one attached hydrogen (secondary N) is 1. The lowest BCUT2D eigenvalue weighted by molar-refractivity contribution is 0.263. The maximum absolute atomic E-state index is 5.86. The monoisotopic (exact) mass is 290 g/mol. The Kier molecular flexibility index (Phi) is 4.97. The second-order valence-electron chi connectivity index (χ2n) is 5.31. The minimum Gasteiger partial charge on any atom is -0.476 e. The summed E-state index contributed by atoms with van der Waals surface area (Å²) in [6.07, 6.45) is 2.42. The van der Waals surface area contributed by atoms with Crippen LogP contribution >= 0.6 is 0 Å². The van der Waals surface area contributed by atoms with Crippen molar-refractivity contribution in [1.82, 2.24) is 19.7 Å². The lowest BCUT2D eigenvalue weighted by Crippen LogP contribution is -2.11. The fourth-order valence-electron chi connectivity index (χ4n) is 1.71.